The molecule has 0 heterocycles. The van der Waals surface area contributed by atoms with Crippen LogP contribution in [-0.2, 0) is 6.42 Å². The Labute approximate surface area is 100 Å². The van der Waals surface area contributed by atoms with Crippen molar-refractivity contribution in [1.29, 1.82) is 0 Å². The lowest BCUT2D eigenvalue weighted by molar-refractivity contribution is 0.603. The molecule has 1 unspecified atom stereocenters. The highest BCUT2D eigenvalue weighted by Crippen LogP contribution is 2.17. The lowest BCUT2D eigenvalue weighted by Crippen LogP contribution is -2.09. The van der Waals surface area contributed by atoms with Crippen LogP contribution in [0.2, 0.25) is 0 Å². The number of nitrogens with two attached hydrogens (primary N) is 1. The standard InChI is InChI=1S/C15H25N/c1-3-5-7-13-9-11-14(12-10-13)15(16)8-6-4-2/h9-12,15H,3-8,16H2,1-2H3. The molecule has 0 amide bonds. The van der Waals surface area contributed by atoms with Gasteiger partial charge in [-0.2, -0.15) is 0 Å². The molecule has 1 aromatic carbocycles. The normalized spacial score (nSPS) is 12.7. The zero-order chi connectivity index (χ0) is 11.8. The van der Waals surface area contributed by atoms with Crippen molar-refractivity contribution in [3.8, 4) is 0 Å². The largest absolute Gasteiger partial charge is 0.324 e. The number of hydrogen-bond acceptors (Lipinski definition) is 1. The summed E-state index contributed by atoms with van der Waals surface area (Å²) in [4.78, 5) is 0. The molecular formula is C15H25N. The van der Waals surface area contributed by atoms with Crippen molar-refractivity contribution in [3.05, 3.63) is 35.4 Å². The van der Waals surface area contributed by atoms with Gasteiger partial charge in [0.2, 0.25) is 0 Å². The summed E-state index contributed by atoms with van der Waals surface area (Å²) >= 11 is 0. The third-order valence-electron chi connectivity index (χ3n) is 3.10. The summed E-state index contributed by atoms with van der Waals surface area (Å²) in [5.41, 5.74) is 8.86. The second-order valence-electron chi connectivity index (χ2n) is 4.59. The van der Waals surface area contributed by atoms with Gasteiger partial charge < -0.3 is 5.73 Å². The molecule has 0 aliphatic rings. The zero-order valence-electron chi connectivity index (χ0n) is 10.7. The van der Waals surface area contributed by atoms with Gasteiger partial charge in [0.15, 0.2) is 0 Å². The maximum atomic E-state index is 6.13. The van der Waals surface area contributed by atoms with Crippen molar-refractivity contribution in [3.63, 3.8) is 0 Å². The number of rotatable bonds is 7. The van der Waals surface area contributed by atoms with Crippen LogP contribution in [0.4, 0.5) is 0 Å². The Morgan fingerprint density at radius 1 is 1.00 bits per heavy atom. The monoisotopic (exact) mass is 219 g/mol. The SMILES string of the molecule is CCCCc1ccc(C(N)CCCC)cc1. The summed E-state index contributed by atoms with van der Waals surface area (Å²) in [6.45, 7) is 4.44. The third kappa shape index (κ3) is 4.36. The first-order valence-electron chi connectivity index (χ1n) is 6.62. The summed E-state index contributed by atoms with van der Waals surface area (Å²) < 4.78 is 0. The minimum Gasteiger partial charge on any atom is -0.324 e. The Bertz CT molecular complexity index is 276. The van der Waals surface area contributed by atoms with Crippen LogP contribution in [0.25, 0.3) is 0 Å². The van der Waals surface area contributed by atoms with Crippen LogP contribution in [0.5, 0.6) is 0 Å². The van der Waals surface area contributed by atoms with Crippen molar-refractivity contribution in [1.82, 2.24) is 0 Å². The van der Waals surface area contributed by atoms with E-state index in [-0.39, 0.29) is 6.04 Å². The van der Waals surface area contributed by atoms with Gasteiger partial charge in [-0.25, -0.2) is 0 Å². The molecule has 16 heavy (non-hydrogen) atoms. The predicted molar refractivity (Wildman–Crippen MR) is 71.5 cm³/mol. The molecule has 0 fully saturated rings. The molecule has 1 nitrogen and oxygen atoms in total. The molecule has 0 bridgehead atoms. The lowest BCUT2D eigenvalue weighted by atomic mass is 9.99. The van der Waals surface area contributed by atoms with E-state index in [1.807, 2.05) is 0 Å². The van der Waals surface area contributed by atoms with Gasteiger partial charge in [0.25, 0.3) is 0 Å². The topological polar surface area (TPSA) is 26.0 Å². The first kappa shape index (κ1) is 13.2. The molecule has 90 valence electrons. The Morgan fingerprint density at radius 2 is 1.62 bits per heavy atom. The quantitative estimate of drug-likeness (QED) is 0.730. The molecule has 1 atom stereocenters. The van der Waals surface area contributed by atoms with Gasteiger partial charge in [0.1, 0.15) is 0 Å². The van der Waals surface area contributed by atoms with E-state index in [4.69, 9.17) is 5.73 Å². The van der Waals surface area contributed by atoms with Crippen LogP contribution in [-0.4, -0.2) is 0 Å². The highest BCUT2D eigenvalue weighted by molar-refractivity contribution is 5.24. The molecule has 1 rings (SSSR count). The molecule has 0 aliphatic heterocycles. The van der Waals surface area contributed by atoms with Crippen molar-refractivity contribution in [2.24, 2.45) is 5.73 Å². The molecule has 0 saturated heterocycles. The van der Waals surface area contributed by atoms with Crippen LogP contribution in [0.3, 0.4) is 0 Å². The van der Waals surface area contributed by atoms with Crippen LogP contribution >= 0.6 is 0 Å². The summed E-state index contributed by atoms with van der Waals surface area (Å²) in [5.74, 6) is 0. The minimum atomic E-state index is 0.222. The van der Waals surface area contributed by atoms with Crippen molar-refractivity contribution >= 4 is 0 Å². The van der Waals surface area contributed by atoms with Gasteiger partial charge in [-0.15, -0.1) is 0 Å². The summed E-state index contributed by atoms with van der Waals surface area (Å²) in [7, 11) is 0. The molecule has 0 saturated carbocycles. The van der Waals surface area contributed by atoms with Gasteiger partial charge in [-0.05, 0) is 30.4 Å². The summed E-state index contributed by atoms with van der Waals surface area (Å²) in [6, 6.07) is 9.09. The van der Waals surface area contributed by atoms with E-state index in [0.717, 1.165) is 6.42 Å². The minimum absolute atomic E-state index is 0.222. The highest BCUT2D eigenvalue weighted by atomic mass is 14.6. The number of hydrogen-bond donors (Lipinski definition) is 1. The maximum Gasteiger partial charge on any atom is 0.0294 e. The van der Waals surface area contributed by atoms with E-state index >= 15 is 0 Å². The maximum absolute atomic E-state index is 6.13. The lowest BCUT2D eigenvalue weighted by Gasteiger charge is -2.12. The number of unbranched alkanes of at least 4 members (excludes halogenated alkanes) is 2. The number of aryl methyl sites for hydroxylation is 1. The average Bonchev–Trinajstić information content (AvgIpc) is 2.34. The van der Waals surface area contributed by atoms with E-state index in [9.17, 15) is 0 Å². The molecule has 0 aromatic heterocycles. The van der Waals surface area contributed by atoms with E-state index in [0.29, 0.717) is 0 Å². The third-order valence-corrected chi connectivity index (χ3v) is 3.10. The van der Waals surface area contributed by atoms with Gasteiger partial charge in [-0.3, -0.25) is 0 Å². The molecule has 0 aliphatic carbocycles. The Hall–Kier alpha value is -0.820. The van der Waals surface area contributed by atoms with Gasteiger partial charge in [-0.1, -0.05) is 57.4 Å². The van der Waals surface area contributed by atoms with Gasteiger partial charge in [0, 0.05) is 6.04 Å². The van der Waals surface area contributed by atoms with Crippen molar-refractivity contribution in [2.45, 2.75) is 58.4 Å². The molecule has 0 radical (unpaired) electrons. The fourth-order valence-electron chi connectivity index (χ4n) is 1.90. The van der Waals surface area contributed by atoms with Crippen LogP contribution in [0.1, 0.15) is 63.1 Å². The fraction of sp³-hybridized carbons (Fsp3) is 0.600. The highest BCUT2D eigenvalue weighted by Gasteiger charge is 2.04. The smallest absolute Gasteiger partial charge is 0.0294 e. The van der Waals surface area contributed by atoms with E-state index in [2.05, 4.69) is 38.1 Å². The Morgan fingerprint density at radius 3 is 2.19 bits per heavy atom. The van der Waals surface area contributed by atoms with E-state index in [1.165, 1.54) is 43.2 Å². The number of benzene rings is 1. The average molecular weight is 219 g/mol. The van der Waals surface area contributed by atoms with Gasteiger partial charge in [0.05, 0.1) is 0 Å². The van der Waals surface area contributed by atoms with Gasteiger partial charge >= 0.3 is 0 Å². The van der Waals surface area contributed by atoms with Crippen LogP contribution in [0.15, 0.2) is 24.3 Å². The van der Waals surface area contributed by atoms with Crippen molar-refractivity contribution < 1.29 is 0 Å². The second-order valence-corrected chi connectivity index (χ2v) is 4.59. The summed E-state index contributed by atoms with van der Waals surface area (Å²) in [5, 5.41) is 0. The fourth-order valence-corrected chi connectivity index (χ4v) is 1.90. The molecule has 0 spiro atoms. The van der Waals surface area contributed by atoms with Crippen LogP contribution in [0, 0.1) is 0 Å². The molecule has 2 N–H and O–H groups in total. The second kappa shape index (κ2) is 7.45. The first-order valence-corrected chi connectivity index (χ1v) is 6.62. The molecule has 1 heteroatoms. The Balaban J connectivity index is 2.49. The zero-order valence-corrected chi connectivity index (χ0v) is 10.7. The van der Waals surface area contributed by atoms with Crippen LogP contribution < -0.4 is 5.73 Å². The van der Waals surface area contributed by atoms with E-state index in [1.54, 1.807) is 0 Å². The first-order chi connectivity index (χ1) is 7.77. The Kier molecular flexibility index (Phi) is 6.17. The summed E-state index contributed by atoms with van der Waals surface area (Å²) in [6.07, 6.45) is 7.28. The van der Waals surface area contributed by atoms with E-state index < -0.39 is 0 Å². The molecular weight excluding hydrogens is 194 g/mol. The molecule has 1 aromatic rings. The predicted octanol–water partition coefficient (Wildman–Crippen LogP) is 4.22. The van der Waals surface area contributed by atoms with Crippen molar-refractivity contribution in [2.75, 3.05) is 0 Å².